The largest absolute Gasteiger partial charge is 0.493 e. The molecule has 0 aliphatic carbocycles. The lowest BCUT2D eigenvalue weighted by atomic mass is 9.94. The topological polar surface area (TPSA) is 103 Å². The van der Waals surface area contributed by atoms with Gasteiger partial charge in [0.05, 0.1) is 36.7 Å². The number of allylic oxidation sites excluding steroid dienone is 1. The Morgan fingerprint density at radius 3 is 2.59 bits per heavy atom. The van der Waals surface area contributed by atoms with Crippen LogP contribution in [0.15, 0.2) is 72.2 Å². The van der Waals surface area contributed by atoms with Crippen molar-refractivity contribution in [3.05, 3.63) is 87.8 Å². The normalized spacial score (nSPS) is 14.6. The molecule has 0 saturated heterocycles. The molecule has 188 valence electrons. The SMILES string of the molecule is COc1ccc(C2C(C(=O)Nc3cccnc3)=C(C)Nc3nc(-c4ccc(Cl)cc4Cl)nn32)cc1OC. The van der Waals surface area contributed by atoms with Crippen molar-refractivity contribution in [2.75, 3.05) is 24.9 Å². The van der Waals surface area contributed by atoms with Crippen LogP contribution in [0.2, 0.25) is 10.0 Å². The number of ether oxygens (including phenoxy) is 2. The van der Waals surface area contributed by atoms with Gasteiger partial charge < -0.3 is 20.1 Å². The number of hydrogen-bond donors (Lipinski definition) is 2. The van der Waals surface area contributed by atoms with Crippen molar-refractivity contribution in [1.82, 2.24) is 19.7 Å². The Hall–Kier alpha value is -4.08. The van der Waals surface area contributed by atoms with E-state index in [1.807, 2.05) is 19.1 Å². The minimum Gasteiger partial charge on any atom is -0.493 e. The van der Waals surface area contributed by atoms with Gasteiger partial charge in [0.25, 0.3) is 5.91 Å². The Morgan fingerprint density at radius 1 is 1.08 bits per heavy atom. The van der Waals surface area contributed by atoms with E-state index in [4.69, 9.17) is 37.8 Å². The molecule has 5 rings (SSSR count). The summed E-state index contributed by atoms with van der Waals surface area (Å²) in [4.78, 5) is 22.4. The average molecular weight is 537 g/mol. The van der Waals surface area contributed by atoms with E-state index in [2.05, 4.69) is 20.6 Å². The van der Waals surface area contributed by atoms with Crippen molar-refractivity contribution < 1.29 is 14.3 Å². The van der Waals surface area contributed by atoms with Crippen molar-refractivity contribution in [3.8, 4) is 22.9 Å². The predicted molar refractivity (Wildman–Crippen MR) is 142 cm³/mol. The van der Waals surface area contributed by atoms with Gasteiger partial charge >= 0.3 is 0 Å². The summed E-state index contributed by atoms with van der Waals surface area (Å²) >= 11 is 12.5. The Bertz CT molecular complexity index is 1520. The highest BCUT2D eigenvalue weighted by atomic mass is 35.5. The molecule has 1 amide bonds. The van der Waals surface area contributed by atoms with Crippen molar-refractivity contribution >= 4 is 40.7 Å². The molecular formula is C26H22Cl2N6O3. The van der Waals surface area contributed by atoms with E-state index in [-0.39, 0.29) is 5.91 Å². The van der Waals surface area contributed by atoms with Crippen molar-refractivity contribution in [2.24, 2.45) is 0 Å². The van der Waals surface area contributed by atoms with E-state index >= 15 is 0 Å². The molecule has 0 saturated carbocycles. The number of aromatic nitrogens is 4. The summed E-state index contributed by atoms with van der Waals surface area (Å²) in [6, 6.07) is 13.5. The van der Waals surface area contributed by atoms with Crippen LogP contribution in [0.5, 0.6) is 11.5 Å². The fourth-order valence-corrected chi connectivity index (χ4v) is 4.69. The second-order valence-corrected chi connectivity index (χ2v) is 9.05. The third-order valence-electron chi connectivity index (χ3n) is 5.91. The number of carbonyl (C=O) groups excluding carboxylic acids is 1. The van der Waals surface area contributed by atoms with Crippen molar-refractivity contribution in [3.63, 3.8) is 0 Å². The van der Waals surface area contributed by atoms with Crippen LogP contribution in [0.3, 0.4) is 0 Å². The minimum absolute atomic E-state index is 0.315. The Balaban J connectivity index is 1.65. The van der Waals surface area contributed by atoms with Gasteiger partial charge in [0.1, 0.15) is 6.04 Å². The summed E-state index contributed by atoms with van der Waals surface area (Å²) in [7, 11) is 3.12. The summed E-state index contributed by atoms with van der Waals surface area (Å²) in [6.07, 6.45) is 3.22. The molecule has 11 heteroatoms. The van der Waals surface area contributed by atoms with E-state index in [1.54, 1.807) is 67.7 Å². The van der Waals surface area contributed by atoms with E-state index in [1.165, 1.54) is 0 Å². The molecule has 2 aromatic carbocycles. The highest BCUT2D eigenvalue weighted by Gasteiger charge is 2.35. The van der Waals surface area contributed by atoms with Crippen LogP contribution in [0.1, 0.15) is 18.5 Å². The molecule has 0 radical (unpaired) electrons. The third kappa shape index (κ3) is 4.71. The molecule has 0 bridgehead atoms. The summed E-state index contributed by atoms with van der Waals surface area (Å²) in [5.41, 5.74) is 2.99. The lowest BCUT2D eigenvalue weighted by molar-refractivity contribution is -0.113. The molecule has 1 aliphatic heterocycles. The maximum Gasteiger partial charge on any atom is 0.255 e. The number of halogens is 2. The number of amides is 1. The first kappa shape index (κ1) is 24.6. The van der Waals surface area contributed by atoms with E-state index in [0.29, 0.717) is 55.8 Å². The molecule has 0 fully saturated rings. The molecule has 1 atom stereocenters. The van der Waals surface area contributed by atoms with Gasteiger partial charge in [-0.15, -0.1) is 5.10 Å². The number of anilines is 2. The maximum atomic E-state index is 13.6. The summed E-state index contributed by atoms with van der Waals surface area (Å²) < 4.78 is 12.6. The van der Waals surface area contributed by atoms with Gasteiger partial charge in [0.2, 0.25) is 5.95 Å². The van der Waals surface area contributed by atoms with Gasteiger partial charge in [-0.25, -0.2) is 4.68 Å². The Morgan fingerprint density at radius 2 is 1.89 bits per heavy atom. The minimum atomic E-state index is -0.639. The monoisotopic (exact) mass is 536 g/mol. The number of rotatable bonds is 6. The fraction of sp³-hybridized carbons (Fsp3) is 0.154. The fourth-order valence-electron chi connectivity index (χ4n) is 4.20. The molecule has 3 heterocycles. The number of benzene rings is 2. The lowest BCUT2D eigenvalue weighted by Gasteiger charge is -2.29. The predicted octanol–water partition coefficient (Wildman–Crippen LogP) is 5.59. The Kier molecular flexibility index (Phi) is 6.73. The number of carbonyl (C=O) groups is 1. The number of nitrogens with zero attached hydrogens (tertiary/aromatic N) is 4. The standard InChI is InChI=1S/C26H22Cl2N6O3/c1-14-22(25(35)31-17-5-4-10-29-13-17)23(15-6-9-20(36-2)21(11-15)37-3)34-26(30-14)32-24(33-34)18-8-7-16(27)12-19(18)28/h4-13,23H,1-3H3,(H,31,35)(H,30,32,33). The van der Waals surface area contributed by atoms with Gasteiger partial charge in [-0.2, -0.15) is 4.98 Å². The molecule has 37 heavy (non-hydrogen) atoms. The first-order valence-electron chi connectivity index (χ1n) is 11.2. The second kappa shape index (κ2) is 10.1. The van der Waals surface area contributed by atoms with Crippen LogP contribution in [0.4, 0.5) is 11.6 Å². The Labute approximate surface area is 223 Å². The maximum absolute atomic E-state index is 13.6. The molecule has 1 aliphatic rings. The summed E-state index contributed by atoms with van der Waals surface area (Å²) in [5.74, 6) is 1.61. The average Bonchev–Trinajstić information content (AvgIpc) is 3.31. The quantitative estimate of drug-likeness (QED) is 0.331. The van der Waals surface area contributed by atoms with Crippen LogP contribution >= 0.6 is 23.2 Å². The van der Waals surface area contributed by atoms with Gasteiger partial charge in [-0.05, 0) is 55.0 Å². The van der Waals surface area contributed by atoms with E-state index in [9.17, 15) is 4.79 Å². The van der Waals surface area contributed by atoms with E-state index < -0.39 is 6.04 Å². The molecule has 2 aromatic heterocycles. The smallest absolute Gasteiger partial charge is 0.255 e. The van der Waals surface area contributed by atoms with Gasteiger partial charge in [-0.1, -0.05) is 29.3 Å². The number of fused-ring (bicyclic) bond motifs is 1. The molecule has 1 unspecified atom stereocenters. The molecular weight excluding hydrogens is 515 g/mol. The van der Waals surface area contributed by atoms with Gasteiger partial charge in [0, 0.05) is 22.5 Å². The zero-order chi connectivity index (χ0) is 26.1. The van der Waals surface area contributed by atoms with Crippen LogP contribution in [0, 0.1) is 0 Å². The molecule has 4 aromatic rings. The van der Waals surface area contributed by atoms with Crippen LogP contribution < -0.4 is 20.1 Å². The van der Waals surface area contributed by atoms with E-state index in [0.717, 1.165) is 5.56 Å². The molecule has 2 N–H and O–H groups in total. The highest BCUT2D eigenvalue weighted by molar-refractivity contribution is 6.36. The molecule has 0 spiro atoms. The van der Waals surface area contributed by atoms with Gasteiger partial charge in [-0.3, -0.25) is 9.78 Å². The number of methoxy groups -OCH3 is 2. The van der Waals surface area contributed by atoms with Gasteiger partial charge in [0.15, 0.2) is 17.3 Å². The second-order valence-electron chi connectivity index (χ2n) is 8.20. The first-order chi connectivity index (χ1) is 17.9. The van der Waals surface area contributed by atoms with Crippen LogP contribution in [-0.2, 0) is 4.79 Å². The summed E-state index contributed by atoms with van der Waals surface area (Å²) in [5, 5.41) is 11.8. The zero-order valence-corrected chi connectivity index (χ0v) is 21.6. The highest BCUT2D eigenvalue weighted by Crippen LogP contribution is 2.40. The zero-order valence-electron chi connectivity index (χ0n) is 20.1. The number of hydrogen-bond acceptors (Lipinski definition) is 7. The number of pyridine rings is 1. The summed E-state index contributed by atoms with van der Waals surface area (Å²) in [6.45, 7) is 1.82. The van der Waals surface area contributed by atoms with Crippen LogP contribution in [0.25, 0.3) is 11.4 Å². The number of nitrogens with one attached hydrogen (secondary N) is 2. The molecule has 9 nitrogen and oxygen atoms in total. The third-order valence-corrected chi connectivity index (χ3v) is 6.46. The lowest BCUT2D eigenvalue weighted by Crippen LogP contribution is -2.31. The van der Waals surface area contributed by atoms with Crippen LogP contribution in [-0.4, -0.2) is 39.9 Å². The first-order valence-corrected chi connectivity index (χ1v) is 12.0. The van der Waals surface area contributed by atoms with Crippen molar-refractivity contribution in [1.29, 1.82) is 0 Å². The van der Waals surface area contributed by atoms with Crippen molar-refractivity contribution in [2.45, 2.75) is 13.0 Å².